The summed E-state index contributed by atoms with van der Waals surface area (Å²) in [7, 11) is 0. The summed E-state index contributed by atoms with van der Waals surface area (Å²) in [6.45, 7) is 9.50. The van der Waals surface area contributed by atoms with E-state index in [1.54, 1.807) is 0 Å². The topological polar surface area (TPSA) is 117 Å². The molecule has 2 aliphatic carbocycles. The molecule has 10 rings (SSSR count). The van der Waals surface area contributed by atoms with Crippen molar-refractivity contribution in [3.05, 3.63) is 177 Å². The third kappa shape index (κ3) is 8.08. The van der Waals surface area contributed by atoms with Crippen LogP contribution >= 0.6 is 0 Å². The van der Waals surface area contributed by atoms with Gasteiger partial charge in [-0.2, -0.15) is 0 Å². The van der Waals surface area contributed by atoms with E-state index in [1.165, 1.54) is 0 Å². The number of aliphatic hydroxyl groups excluding tert-OH is 2. The lowest BCUT2D eigenvalue weighted by Gasteiger charge is -2.35. The van der Waals surface area contributed by atoms with Crippen LogP contribution in [0.25, 0.3) is 23.5 Å². The van der Waals surface area contributed by atoms with Gasteiger partial charge in [0.2, 0.25) is 11.8 Å². The molecule has 4 atom stereocenters. The van der Waals surface area contributed by atoms with E-state index >= 15 is 0 Å². The second-order valence-corrected chi connectivity index (χ2v) is 17.3. The average molecular weight is 827 g/mol. The van der Waals surface area contributed by atoms with Crippen LogP contribution in [0.15, 0.2) is 121 Å². The molecule has 2 aliphatic heterocycles. The summed E-state index contributed by atoms with van der Waals surface area (Å²) in [5.41, 5.74) is 14.3. The van der Waals surface area contributed by atoms with Gasteiger partial charge in [0.1, 0.15) is 0 Å². The predicted octanol–water partition coefficient (Wildman–Crippen LogP) is 8.31. The van der Waals surface area contributed by atoms with Gasteiger partial charge in [0, 0.05) is 48.0 Å². The Labute approximate surface area is 363 Å². The van der Waals surface area contributed by atoms with Crippen molar-refractivity contribution >= 4 is 24.0 Å². The molecule has 4 aromatic carbocycles. The molecule has 10 heteroatoms. The Hall–Kier alpha value is -6.36. The Morgan fingerprint density at radius 1 is 0.581 bits per heavy atom. The maximum Gasteiger partial charge on any atom is 0.250 e. The minimum absolute atomic E-state index is 0.0510. The van der Waals surface area contributed by atoms with Crippen LogP contribution in [0.2, 0.25) is 0 Å². The summed E-state index contributed by atoms with van der Waals surface area (Å²) >= 11 is 0. The second kappa shape index (κ2) is 17.2. The summed E-state index contributed by atoms with van der Waals surface area (Å²) in [6, 6.07) is 28.1. The molecule has 0 bridgehead atoms. The molecule has 2 fully saturated rings. The first-order chi connectivity index (χ1) is 30.0. The maximum atomic E-state index is 13.3. The zero-order chi connectivity index (χ0) is 43.1. The highest BCUT2D eigenvalue weighted by Crippen LogP contribution is 2.38. The summed E-state index contributed by atoms with van der Waals surface area (Å²) in [4.78, 5) is 39.0. The normalized spacial score (nSPS) is 22.2. The molecule has 0 saturated carbocycles. The summed E-state index contributed by atoms with van der Waals surface area (Å²) < 4.78 is 4.04. The van der Waals surface area contributed by atoms with Crippen molar-refractivity contribution in [3.8, 4) is 11.4 Å². The van der Waals surface area contributed by atoms with Crippen LogP contribution < -0.4 is 0 Å². The second-order valence-electron chi connectivity index (χ2n) is 17.3. The van der Waals surface area contributed by atoms with Crippen molar-refractivity contribution in [2.45, 2.75) is 90.5 Å². The number of aliphatic hydroxyl groups is 2. The molecule has 2 saturated heterocycles. The zero-order valence-electron chi connectivity index (χ0n) is 35.9. The van der Waals surface area contributed by atoms with Gasteiger partial charge in [0.05, 0.1) is 48.3 Å². The highest BCUT2D eigenvalue weighted by Gasteiger charge is 2.40. The molecule has 4 heterocycles. The van der Waals surface area contributed by atoms with E-state index in [0.29, 0.717) is 25.9 Å². The minimum atomic E-state index is -0.611. The van der Waals surface area contributed by atoms with Crippen molar-refractivity contribution in [1.29, 1.82) is 0 Å². The highest BCUT2D eigenvalue weighted by molar-refractivity contribution is 5.99. The Morgan fingerprint density at radius 2 is 1.00 bits per heavy atom. The molecule has 2 N–H and O–H groups in total. The molecular formula is C52H54N6O4. The number of fused-ring (bicyclic) bond motifs is 2. The molecule has 4 aliphatic rings. The fourth-order valence-corrected chi connectivity index (χ4v) is 9.86. The number of aryl methyl sites for hydroxylation is 4. The first kappa shape index (κ1) is 41.0. The lowest BCUT2D eigenvalue weighted by atomic mass is 9.97. The van der Waals surface area contributed by atoms with Crippen molar-refractivity contribution in [1.82, 2.24) is 28.9 Å². The fraction of sp³-hybridized carbons (Fsp3) is 0.308. The van der Waals surface area contributed by atoms with Gasteiger partial charge in [-0.25, -0.2) is 9.97 Å². The number of benzene rings is 4. The molecule has 0 radical (unpaired) electrons. The number of nitrogens with zero attached hydrogens (tertiary/aromatic N) is 6. The number of hydrogen-bond acceptors (Lipinski definition) is 6. The number of carbonyl (C=O) groups is 2. The lowest BCUT2D eigenvalue weighted by molar-refractivity contribution is -0.134. The Bertz CT molecular complexity index is 2540. The molecule has 10 nitrogen and oxygen atoms in total. The highest BCUT2D eigenvalue weighted by atomic mass is 16.3. The maximum absolute atomic E-state index is 13.3. The van der Waals surface area contributed by atoms with E-state index in [0.717, 1.165) is 104 Å². The molecule has 0 unspecified atom stereocenters. The third-order valence-corrected chi connectivity index (χ3v) is 13.0. The summed E-state index contributed by atoms with van der Waals surface area (Å²) in [5.74, 6) is 0.102. The third-order valence-electron chi connectivity index (χ3n) is 13.0. The van der Waals surface area contributed by atoms with Gasteiger partial charge in [-0.05, 0) is 147 Å². The van der Waals surface area contributed by atoms with E-state index in [2.05, 4.69) is 72.3 Å². The number of piperidine rings is 2. The van der Waals surface area contributed by atoms with Crippen molar-refractivity contribution in [3.63, 3.8) is 0 Å². The number of rotatable bonds is 6. The standard InChI is InChI=1S/2C26H27N3O2/c2*1-17-12-19(9-10-23(17)28-15-18(2)27-16-28)13-21-7-5-11-29(26(21)31)24-14-20-6-3-4-8-22(20)25(24)30/h2*3-4,6,8-10,12-13,15-16,24-25,30H,5,7,11,14H2,1-2H3/b2*21-13+/t2*24-,25+/m10/s1. The Balaban J connectivity index is 0.000000158. The minimum Gasteiger partial charge on any atom is -0.386 e. The number of hydrogen-bond donors (Lipinski definition) is 2. The molecule has 2 aromatic heterocycles. The number of aromatic nitrogens is 4. The number of likely N-dealkylation sites (tertiary alicyclic amines) is 2. The van der Waals surface area contributed by atoms with E-state index in [9.17, 15) is 19.8 Å². The predicted molar refractivity (Wildman–Crippen MR) is 242 cm³/mol. The van der Waals surface area contributed by atoms with Gasteiger partial charge in [-0.1, -0.05) is 60.7 Å². The average Bonchev–Trinajstić information content (AvgIpc) is 4.06. The van der Waals surface area contributed by atoms with Crippen LogP contribution in [0, 0.1) is 27.7 Å². The Kier molecular flexibility index (Phi) is 11.4. The van der Waals surface area contributed by atoms with E-state index in [-0.39, 0.29) is 23.9 Å². The van der Waals surface area contributed by atoms with Crippen molar-refractivity contribution in [2.24, 2.45) is 0 Å². The van der Waals surface area contributed by atoms with Crippen LogP contribution in [0.4, 0.5) is 0 Å². The molecule has 0 spiro atoms. The van der Waals surface area contributed by atoms with Crippen molar-refractivity contribution < 1.29 is 19.8 Å². The first-order valence-electron chi connectivity index (χ1n) is 21.8. The molecular weight excluding hydrogens is 773 g/mol. The zero-order valence-corrected chi connectivity index (χ0v) is 35.9. The van der Waals surface area contributed by atoms with E-state index in [1.807, 2.05) is 106 Å². The van der Waals surface area contributed by atoms with Crippen LogP contribution in [0.3, 0.4) is 0 Å². The van der Waals surface area contributed by atoms with Gasteiger partial charge in [0.25, 0.3) is 0 Å². The van der Waals surface area contributed by atoms with Crippen LogP contribution in [-0.4, -0.2) is 76.1 Å². The van der Waals surface area contributed by atoms with E-state index < -0.39 is 12.2 Å². The van der Waals surface area contributed by atoms with E-state index in [4.69, 9.17) is 0 Å². The number of imidazole rings is 2. The van der Waals surface area contributed by atoms with Crippen LogP contribution in [0.5, 0.6) is 0 Å². The van der Waals surface area contributed by atoms with Gasteiger partial charge >= 0.3 is 0 Å². The van der Waals surface area contributed by atoms with Gasteiger partial charge < -0.3 is 29.1 Å². The molecule has 6 aromatic rings. The molecule has 316 valence electrons. The van der Waals surface area contributed by atoms with Crippen molar-refractivity contribution in [2.75, 3.05) is 13.1 Å². The van der Waals surface area contributed by atoms with Gasteiger partial charge in [-0.3, -0.25) is 9.59 Å². The quantitative estimate of drug-likeness (QED) is 0.163. The fourth-order valence-electron chi connectivity index (χ4n) is 9.86. The monoisotopic (exact) mass is 826 g/mol. The lowest BCUT2D eigenvalue weighted by Crippen LogP contribution is -2.46. The SMILES string of the molecule is Cc1cn(-c2ccc(/C=C3\CCCN([C@@H]4Cc5ccccc5[C@@H]4O)C3=O)cc2C)cn1.Cc1cn(-c2ccc(/C=C3\CCCN([C@H]4Cc5ccccc5[C@H]4O)C3=O)cc2C)cn1. The van der Waals surface area contributed by atoms with Crippen LogP contribution in [0.1, 0.15) is 93.8 Å². The van der Waals surface area contributed by atoms with Gasteiger partial charge in [-0.15, -0.1) is 0 Å². The molecule has 2 amide bonds. The Morgan fingerprint density at radius 3 is 1.37 bits per heavy atom. The summed E-state index contributed by atoms with van der Waals surface area (Å²) in [6.07, 6.45) is 15.3. The first-order valence-corrected chi connectivity index (χ1v) is 21.8. The number of carbonyl (C=O) groups excluding carboxylic acids is 2. The van der Waals surface area contributed by atoms with Crippen LogP contribution in [-0.2, 0) is 22.4 Å². The molecule has 62 heavy (non-hydrogen) atoms. The van der Waals surface area contributed by atoms with Gasteiger partial charge in [0.15, 0.2) is 0 Å². The number of amides is 2. The smallest absolute Gasteiger partial charge is 0.250 e. The largest absolute Gasteiger partial charge is 0.386 e. The summed E-state index contributed by atoms with van der Waals surface area (Å²) in [5, 5.41) is 21.7.